The first-order valence-electron chi connectivity index (χ1n) is 5.21. The molecular formula is C10H22N2O. The lowest BCUT2D eigenvalue weighted by Crippen LogP contribution is -2.45. The zero-order chi connectivity index (χ0) is 9.90. The van der Waals surface area contributed by atoms with Crippen LogP contribution in [-0.2, 0) is 0 Å². The first-order chi connectivity index (χ1) is 6.07. The van der Waals surface area contributed by atoms with Crippen LogP contribution in [0, 0.1) is 0 Å². The SMILES string of the molecule is CCC(C)N(C)CC1(O)CCNC1. The Balaban J connectivity index is 2.38. The third-order valence-electron chi connectivity index (χ3n) is 3.11. The molecule has 1 saturated heterocycles. The molecule has 1 fully saturated rings. The Bertz CT molecular complexity index is 155. The van der Waals surface area contributed by atoms with E-state index in [0.29, 0.717) is 6.04 Å². The third kappa shape index (κ3) is 2.93. The third-order valence-corrected chi connectivity index (χ3v) is 3.11. The van der Waals surface area contributed by atoms with Crippen molar-refractivity contribution in [2.45, 2.75) is 38.3 Å². The maximum atomic E-state index is 10.1. The fraction of sp³-hybridized carbons (Fsp3) is 1.00. The minimum Gasteiger partial charge on any atom is -0.387 e. The van der Waals surface area contributed by atoms with E-state index in [0.717, 1.165) is 32.5 Å². The van der Waals surface area contributed by atoms with Crippen molar-refractivity contribution in [2.24, 2.45) is 0 Å². The van der Waals surface area contributed by atoms with Gasteiger partial charge in [0.15, 0.2) is 0 Å². The molecule has 0 aromatic carbocycles. The molecule has 2 N–H and O–H groups in total. The molecule has 0 bridgehead atoms. The Morgan fingerprint density at radius 3 is 2.77 bits per heavy atom. The number of rotatable bonds is 4. The monoisotopic (exact) mass is 186 g/mol. The predicted octanol–water partition coefficient (Wildman–Crippen LogP) is 0.441. The number of nitrogens with zero attached hydrogens (tertiary/aromatic N) is 1. The summed E-state index contributed by atoms with van der Waals surface area (Å²) in [5.41, 5.74) is -0.488. The number of aliphatic hydroxyl groups is 1. The Labute approximate surface area is 81.1 Å². The van der Waals surface area contributed by atoms with Gasteiger partial charge in [-0.3, -0.25) is 0 Å². The number of hydrogen-bond acceptors (Lipinski definition) is 3. The van der Waals surface area contributed by atoms with E-state index in [9.17, 15) is 5.11 Å². The minimum absolute atomic E-state index is 0.488. The Morgan fingerprint density at radius 2 is 2.31 bits per heavy atom. The maximum Gasteiger partial charge on any atom is 0.0909 e. The molecule has 3 nitrogen and oxygen atoms in total. The molecule has 0 aromatic heterocycles. The predicted molar refractivity (Wildman–Crippen MR) is 54.8 cm³/mol. The normalized spacial score (nSPS) is 31.2. The summed E-state index contributed by atoms with van der Waals surface area (Å²) in [7, 11) is 2.09. The molecule has 0 amide bonds. The number of β-amino-alcohol motifs (C(OH)–C–C–N with tert-alkyl or cyclic N) is 1. The van der Waals surface area contributed by atoms with Crippen molar-refractivity contribution in [3.05, 3.63) is 0 Å². The molecule has 0 radical (unpaired) electrons. The summed E-state index contributed by atoms with van der Waals surface area (Å²) in [5.74, 6) is 0. The van der Waals surface area contributed by atoms with E-state index >= 15 is 0 Å². The van der Waals surface area contributed by atoms with Gasteiger partial charge in [0.25, 0.3) is 0 Å². The molecule has 0 aliphatic carbocycles. The molecule has 2 unspecified atom stereocenters. The van der Waals surface area contributed by atoms with Crippen molar-refractivity contribution in [3.63, 3.8) is 0 Å². The van der Waals surface area contributed by atoms with Crippen LogP contribution in [0.15, 0.2) is 0 Å². The van der Waals surface area contributed by atoms with Gasteiger partial charge in [0.2, 0.25) is 0 Å². The lowest BCUT2D eigenvalue weighted by atomic mass is 10.0. The van der Waals surface area contributed by atoms with E-state index in [1.54, 1.807) is 0 Å². The number of hydrogen-bond donors (Lipinski definition) is 2. The van der Waals surface area contributed by atoms with E-state index < -0.39 is 5.60 Å². The van der Waals surface area contributed by atoms with Gasteiger partial charge in [0.05, 0.1) is 5.60 Å². The van der Waals surface area contributed by atoms with Crippen molar-refractivity contribution in [2.75, 3.05) is 26.7 Å². The second-order valence-electron chi connectivity index (χ2n) is 4.32. The van der Waals surface area contributed by atoms with Gasteiger partial charge >= 0.3 is 0 Å². The largest absolute Gasteiger partial charge is 0.387 e. The van der Waals surface area contributed by atoms with Crippen molar-refractivity contribution in [1.29, 1.82) is 0 Å². The van der Waals surface area contributed by atoms with E-state index in [-0.39, 0.29) is 0 Å². The van der Waals surface area contributed by atoms with E-state index in [4.69, 9.17) is 0 Å². The molecule has 1 aliphatic heterocycles. The average Bonchev–Trinajstić information content (AvgIpc) is 2.50. The average molecular weight is 186 g/mol. The second-order valence-corrected chi connectivity index (χ2v) is 4.32. The van der Waals surface area contributed by atoms with Crippen LogP contribution in [0.2, 0.25) is 0 Å². The molecule has 2 atom stereocenters. The summed E-state index contributed by atoms with van der Waals surface area (Å²) in [4.78, 5) is 2.24. The molecule has 78 valence electrons. The molecule has 3 heteroatoms. The summed E-state index contributed by atoms with van der Waals surface area (Å²) < 4.78 is 0. The van der Waals surface area contributed by atoms with Crippen molar-refractivity contribution in [1.82, 2.24) is 10.2 Å². The van der Waals surface area contributed by atoms with Crippen LogP contribution in [0.3, 0.4) is 0 Å². The van der Waals surface area contributed by atoms with Crippen molar-refractivity contribution in [3.8, 4) is 0 Å². The van der Waals surface area contributed by atoms with Gasteiger partial charge < -0.3 is 15.3 Å². The highest BCUT2D eigenvalue weighted by molar-refractivity contribution is 4.90. The standard InChI is InChI=1S/C10H22N2O/c1-4-9(2)12(3)8-10(13)5-6-11-7-10/h9,11,13H,4-8H2,1-3H3. The molecule has 1 heterocycles. The van der Waals surface area contributed by atoms with Gasteiger partial charge in [0, 0.05) is 19.1 Å². The Kier molecular flexibility index (Phi) is 3.71. The molecule has 1 aliphatic rings. The second kappa shape index (κ2) is 4.40. The summed E-state index contributed by atoms with van der Waals surface area (Å²) in [6.07, 6.45) is 2.02. The van der Waals surface area contributed by atoms with Gasteiger partial charge in [-0.05, 0) is 33.4 Å². The molecular weight excluding hydrogens is 164 g/mol. The van der Waals surface area contributed by atoms with Crippen LogP contribution >= 0.6 is 0 Å². The Hall–Kier alpha value is -0.120. The zero-order valence-electron chi connectivity index (χ0n) is 9.01. The van der Waals surface area contributed by atoms with Gasteiger partial charge in [-0.2, -0.15) is 0 Å². The van der Waals surface area contributed by atoms with Crippen LogP contribution < -0.4 is 5.32 Å². The quantitative estimate of drug-likeness (QED) is 0.669. The fourth-order valence-corrected chi connectivity index (χ4v) is 1.80. The van der Waals surface area contributed by atoms with Gasteiger partial charge in [-0.25, -0.2) is 0 Å². The highest BCUT2D eigenvalue weighted by Crippen LogP contribution is 2.16. The summed E-state index contributed by atoms with van der Waals surface area (Å²) in [6, 6.07) is 0.560. The highest BCUT2D eigenvalue weighted by atomic mass is 16.3. The minimum atomic E-state index is -0.488. The smallest absolute Gasteiger partial charge is 0.0909 e. The topological polar surface area (TPSA) is 35.5 Å². The van der Waals surface area contributed by atoms with E-state index in [1.165, 1.54) is 0 Å². The van der Waals surface area contributed by atoms with Crippen LogP contribution in [0.4, 0.5) is 0 Å². The lowest BCUT2D eigenvalue weighted by molar-refractivity contribution is 0.0181. The van der Waals surface area contributed by atoms with Gasteiger partial charge in [0.1, 0.15) is 0 Å². The summed E-state index contributed by atoms with van der Waals surface area (Å²) >= 11 is 0. The first kappa shape index (κ1) is 11.0. The highest BCUT2D eigenvalue weighted by Gasteiger charge is 2.32. The molecule has 13 heavy (non-hydrogen) atoms. The zero-order valence-corrected chi connectivity index (χ0v) is 9.01. The van der Waals surface area contributed by atoms with Gasteiger partial charge in [-0.15, -0.1) is 0 Å². The molecule has 0 spiro atoms. The van der Waals surface area contributed by atoms with Crippen LogP contribution in [0.25, 0.3) is 0 Å². The molecule has 0 aromatic rings. The van der Waals surface area contributed by atoms with Crippen molar-refractivity contribution >= 4 is 0 Å². The maximum absolute atomic E-state index is 10.1. The van der Waals surface area contributed by atoms with Crippen molar-refractivity contribution < 1.29 is 5.11 Å². The number of nitrogens with one attached hydrogen (secondary N) is 1. The summed E-state index contributed by atoms with van der Waals surface area (Å²) in [5, 5.41) is 13.3. The number of likely N-dealkylation sites (N-methyl/N-ethyl adjacent to an activating group) is 1. The Morgan fingerprint density at radius 1 is 1.62 bits per heavy atom. The van der Waals surface area contributed by atoms with Crippen LogP contribution in [0.5, 0.6) is 0 Å². The molecule has 0 saturated carbocycles. The van der Waals surface area contributed by atoms with E-state index in [2.05, 4.69) is 31.1 Å². The van der Waals surface area contributed by atoms with E-state index in [1.807, 2.05) is 0 Å². The van der Waals surface area contributed by atoms with Crippen LogP contribution in [0.1, 0.15) is 26.7 Å². The van der Waals surface area contributed by atoms with Crippen LogP contribution in [-0.4, -0.2) is 48.3 Å². The first-order valence-corrected chi connectivity index (χ1v) is 5.21. The fourth-order valence-electron chi connectivity index (χ4n) is 1.80. The summed E-state index contributed by atoms with van der Waals surface area (Å²) in [6.45, 7) is 6.86. The van der Waals surface area contributed by atoms with Gasteiger partial charge in [-0.1, -0.05) is 6.92 Å². The molecule has 1 rings (SSSR count). The lowest BCUT2D eigenvalue weighted by Gasteiger charge is -2.31.